The number of halogens is 1. The molecule has 0 aromatic heterocycles. The zero-order valence-electron chi connectivity index (χ0n) is 18.8. The van der Waals surface area contributed by atoms with Gasteiger partial charge in [-0.25, -0.2) is 5.01 Å². The second-order valence-electron chi connectivity index (χ2n) is 7.15. The van der Waals surface area contributed by atoms with Crippen LogP contribution in [0.5, 0.6) is 0 Å². The summed E-state index contributed by atoms with van der Waals surface area (Å²) in [5, 5.41) is 7.54. The van der Waals surface area contributed by atoms with Crippen molar-refractivity contribution in [2.75, 3.05) is 6.67 Å². The predicted molar refractivity (Wildman–Crippen MR) is 128 cm³/mol. The fourth-order valence-corrected chi connectivity index (χ4v) is 3.11. The molecule has 0 bridgehead atoms. The van der Waals surface area contributed by atoms with Gasteiger partial charge >= 0.3 is 0 Å². The molecule has 0 radical (unpaired) electrons. The van der Waals surface area contributed by atoms with Crippen molar-refractivity contribution in [1.82, 2.24) is 5.01 Å². The number of hydrazone groups is 1. The highest BCUT2D eigenvalue weighted by Crippen LogP contribution is 2.20. The Labute approximate surface area is 185 Å². The van der Waals surface area contributed by atoms with Gasteiger partial charge in [0.25, 0.3) is 0 Å². The Morgan fingerprint density at radius 1 is 1.10 bits per heavy atom. The lowest BCUT2D eigenvalue weighted by molar-refractivity contribution is 0.0717. The standard InChI is InChI=1S/C23H26ClN3O.C2H6/c1-16(2)28-23-13-18(4)25-15-27(23)26-22(21-8-6-5-7-17(21)3)14-19-9-11-20(24)12-10-19;1-2/h5-13,16H,14-15H2,1-4H3;1-2H3/b26-22+;. The van der Waals surface area contributed by atoms with Crippen LogP contribution in [-0.2, 0) is 11.2 Å². The van der Waals surface area contributed by atoms with Gasteiger partial charge in [-0.05, 0) is 51.0 Å². The maximum absolute atomic E-state index is 6.05. The lowest BCUT2D eigenvalue weighted by atomic mass is 9.98. The molecule has 0 N–H and O–H groups in total. The van der Waals surface area contributed by atoms with Crippen LogP contribution in [-0.4, -0.2) is 29.2 Å². The van der Waals surface area contributed by atoms with Crippen LogP contribution in [0.4, 0.5) is 0 Å². The van der Waals surface area contributed by atoms with E-state index in [1.807, 2.05) is 82.1 Å². The summed E-state index contributed by atoms with van der Waals surface area (Å²) in [7, 11) is 0. The summed E-state index contributed by atoms with van der Waals surface area (Å²) in [6.07, 6.45) is 2.69. The minimum atomic E-state index is 0.0630. The van der Waals surface area contributed by atoms with Crippen molar-refractivity contribution in [1.29, 1.82) is 0 Å². The van der Waals surface area contributed by atoms with Gasteiger partial charge in [0.1, 0.15) is 6.67 Å². The first kappa shape index (κ1) is 23.7. The van der Waals surface area contributed by atoms with E-state index in [1.165, 1.54) is 5.56 Å². The fourth-order valence-electron chi connectivity index (χ4n) is 2.99. The average Bonchev–Trinajstić information content (AvgIpc) is 2.72. The molecule has 0 saturated heterocycles. The molecular weight excluding hydrogens is 394 g/mol. The van der Waals surface area contributed by atoms with E-state index in [4.69, 9.17) is 21.4 Å². The summed E-state index contributed by atoms with van der Waals surface area (Å²) in [6, 6.07) is 16.2. The minimum Gasteiger partial charge on any atom is -0.475 e. The van der Waals surface area contributed by atoms with Crippen LogP contribution in [0.1, 0.15) is 51.3 Å². The number of aliphatic imine (C=N–C) groups is 1. The Balaban J connectivity index is 0.00000155. The smallest absolute Gasteiger partial charge is 0.213 e. The molecule has 4 nitrogen and oxygen atoms in total. The summed E-state index contributed by atoms with van der Waals surface area (Å²) < 4.78 is 5.99. The number of benzene rings is 2. The molecule has 1 aliphatic rings. The molecule has 3 rings (SSSR count). The van der Waals surface area contributed by atoms with E-state index < -0.39 is 0 Å². The molecule has 30 heavy (non-hydrogen) atoms. The second-order valence-corrected chi connectivity index (χ2v) is 7.59. The van der Waals surface area contributed by atoms with Crippen molar-refractivity contribution >= 4 is 23.0 Å². The minimum absolute atomic E-state index is 0.0630. The van der Waals surface area contributed by atoms with Gasteiger partial charge < -0.3 is 4.74 Å². The van der Waals surface area contributed by atoms with E-state index in [9.17, 15) is 0 Å². The average molecular weight is 426 g/mol. The quantitative estimate of drug-likeness (QED) is 0.487. The van der Waals surface area contributed by atoms with Crippen molar-refractivity contribution < 1.29 is 4.74 Å². The summed E-state index contributed by atoms with van der Waals surface area (Å²) in [4.78, 5) is 4.52. The number of hydrogen-bond acceptors (Lipinski definition) is 4. The number of nitrogens with zero attached hydrogens (tertiary/aromatic N) is 3. The highest BCUT2D eigenvalue weighted by molar-refractivity contribution is 6.30. The molecule has 5 heteroatoms. The highest BCUT2D eigenvalue weighted by atomic mass is 35.5. The maximum atomic E-state index is 6.05. The Morgan fingerprint density at radius 2 is 1.77 bits per heavy atom. The Hall–Kier alpha value is -2.59. The van der Waals surface area contributed by atoms with Gasteiger partial charge in [-0.15, -0.1) is 0 Å². The van der Waals surface area contributed by atoms with Crippen LogP contribution >= 0.6 is 11.6 Å². The van der Waals surface area contributed by atoms with Crippen LogP contribution in [0.2, 0.25) is 5.02 Å². The van der Waals surface area contributed by atoms with Gasteiger partial charge in [0.15, 0.2) is 0 Å². The van der Waals surface area contributed by atoms with Crippen LogP contribution in [0.25, 0.3) is 0 Å². The van der Waals surface area contributed by atoms with Crippen molar-refractivity contribution in [3.63, 3.8) is 0 Å². The zero-order chi connectivity index (χ0) is 22.1. The third-order valence-electron chi connectivity index (χ3n) is 4.38. The molecule has 0 amide bonds. The highest BCUT2D eigenvalue weighted by Gasteiger charge is 2.18. The summed E-state index contributed by atoms with van der Waals surface area (Å²) in [5.74, 6) is 0.727. The van der Waals surface area contributed by atoms with Gasteiger partial charge in [0.05, 0.1) is 11.8 Å². The van der Waals surface area contributed by atoms with E-state index in [0.29, 0.717) is 13.1 Å². The Bertz CT molecular complexity index is 914. The maximum Gasteiger partial charge on any atom is 0.213 e. The van der Waals surface area contributed by atoms with Crippen molar-refractivity contribution in [2.24, 2.45) is 10.1 Å². The number of aryl methyl sites for hydroxylation is 1. The first-order valence-electron chi connectivity index (χ1n) is 10.5. The fraction of sp³-hybridized carbons (Fsp3) is 0.360. The number of ether oxygens (including phenoxy) is 1. The molecule has 0 saturated carbocycles. The van der Waals surface area contributed by atoms with Gasteiger partial charge in [-0.2, -0.15) is 5.10 Å². The van der Waals surface area contributed by atoms with Crippen molar-refractivity contribution in [2.45, 2.75) is 54.1 Å². The SMILES string of the molecule is CC.CC1=NCN(/N=C(\Cc2ccc(Cl)cc2)c2ccccc2C)C(OC(C)C)=C1. The van der Waals surface area contributed by atoms with E-state index in [0.717, 1.165) is 33.5 Å². The van der Waals surface area contributed by atoms with Crippen LogP contribution in [0.15, 0.2) is 70.6 Å². The first-order valence-corrected chi connectivity index (χ1v) is 10.8. The molecule has 0 aliphatic carbocycles. The topological polar surface area (TPSA) is 37.2 Å². The van der Waals surface area contributed by atoms with Crippen LogP contribution in [0.3, 0.4) is 0 Å². The van der Waals surface area contributed by atoms with Crippen LogP contribution < -0.4 is 0 Å². The van der Waals surface area contributed by atoms with E-state index in [1.54, 1.807) is 0 Å². The van der Waals surface area contributed by atoms with Crippen molar-refractivity contribution in [3.8, 4) is 0 Å². The zero-order valence-corrected chi connectivity index (χ0v) is 19.6. The third kappa shape index (κ3) is 6.74. The molecule has 2 aromatic carbocycles. The summed E-state index contributed by atoms with van der Waals surface area (Å²) in [6.45, 7) is 12.5. The molecule has 1 aliphatic heterocycles. The molecule has 0 fully saturated rings. The lowest BCUT2D eigenvalue weighted by Crippen LogP contribution is -2.28. The molecular formula is C25H32ClN3O. The van der Waals surface area contributed by atoms with Gasteiger partial charge in [-0.1, -0.05) is 61.8 Å². The normalized spacial score (nSPS) is 14.0. The van der Waals surface area contributed by atoms with Crippen molar-refractivity contribution in [3.05, 3.63) is 82.2 Å². The van der Waals surface area contributed by atoms with Crippen LogP contribution in [0, 0.1) is 6.92 Å². The van der Waals surface area contributed by atoms with E-state index in [-0.39, 0.29) is 6.10 Å². The largest absolute Gasteiger partial charge is 0.475 e. The van der Waals surface area contributed by atoms with Gasteiger partial charge in [0.2, 0.25) is 5.88 Å². The molecule has 160 valence electrons. The second kappa shape index (κ2) is 11.6. The van der Waals surface area contributed by atoms with Gasteiger partial charge in [-0.3, -0.25) is 4.99 Å². The molecule has 0 unspecified atom stereocenters. The predicted octanol–water partition coefficient (Wildman–Crippen LogP) is 6.62. The molecule has 2 aromatic rings. The lowest BCUT2D eigenvalue weighted by Gasteiger charge is -2.26. The third-order valence-corrected chi connectivity index (χ3v) is 4.63. The first-order chi connectivity index (χ1) is 14.4. The number of hydrogen-bond donors (Lipinski definition) is 0. The summed E-state index contributed by atoms with van der Waals surface area (Å²) in [5.41, 5.74) is 5.36. The molecule has 0 atom stereocenters. The summed E-state index contributed by atoms with van der Waals surface area (Å²) >= 11 is 6.05. The monoisotopic (exact) mass is 425 g/mol. The van der Waals surface area contributed by atoms with Gasteiger partial charge in [0, 0.05) is 28.8 Å². The number of allylic oxidation sites excluding steroid dienone is 1. The van der Waals surface area contributed by atoms with E-state index in [2.05, 4.69) is 24.0 Å². The number of rotatable bonds is 6. The Morgan fingerprint density at radius 3 is 2.40 bits per heavy atom. The Kier molecular flexibility index (Phi) is 9.13. The molecule has 1 heterocycles. The van der Waals surface area contributed by atoms with E-state index >= 15 is 0 Å². The molecule has 0 spiro atoms.